The number of hydrogen-bond donors (Lipinski definition) is 1. The van der Waals surface area contributed by atoms with E-state index in [1.165, 1.54) is 30.8 Å². The first-order valence-electron chi connectivity index (χ1n) is 7.12. The van der Waals surface area contributed by atoms with Crippen molar-refractivity contribution in [1.29, 1.82) is 0 Å². The van der Waals surface area contributed by atoms with Crippen molar-refractivity contribution in [2.45, 2.75) is 51.7 Å². The molecule has 2 aliphatic rings. The molecule has 0 aromatic carbocycles. The Morgan fingerprint density at radius 1 is 1.47 bits per heavy atom. The van der Waals surface area contributed by atoms with Gasteiger partial charge in [0.1, 0.15) is 0 Å². The van der Waals surface area contributed by atoms with Gasteiger partial charge in [-0.25, -0.2) is 0 Å². The first kappa shape index (κ1) is 13.7. The average molecular weight is 257 g/mol. The molecule has 3 heteroatoms. The molecule has 0 aliphatic carbocycles. The predicted octanol–water partition coefficient (Wildman–Crippen LogP) is 2.92. The Labute approximate surface area is 110 Å². The molecule has 2 aliphatic heterocycles. The lowest BCUT2D eigenvalue weighted by Crippen LogP contribution is -2.49. The molecule has 2 nitrogen and oxygen atoms in total. The first-order chi connectivity index (χ1) is 8.17. The molecule has 100 valence electrons. The van der Waals surface area contributed by atoms with E-state index < -0.39 is 0 Å². The number of hydrogen-bond acceptors (Lipinski definition) is 3. The molecule has 3 atom stereocenters. The Morgan fingerprint density at radius 2 is 2.29 bits per heavy atom. The summed E-state index contributed by atoms with van der Waals surface area (Å²) in [5.74, 6) is 4.05. The van der Waals surface area contributed by atoms with E-state index in [0.29, 0.717) is 6.04 Å². The topological polar surface area (TPSA) is 21.3 Å². The number of ether oxygens (including phenoxy) is 1. The van der Waals surface area contributed by atoms with Gasteiger partial charge in [-0.1, -0.05) is 20.8 Å². The van der Waals surface area contributed by atoms with E-state index in [4.69, 9.17) is 4.74 Å². The van der Waals surface area contributed by atoms with Crippen LogP contribution >= 0.6 is 11.8 Å². The second-order valence-corrected chi connectivity index (χ2v) is 7.02. The zero-order chi connectivity index (χ0) is 12.3. The highest BCUT2D eigenvalue weighted by Gasteiger charge is 2.42. The Bertz CT molecular complexity index is 238. The fraction of sp³-hybridized carbons (Fsp3) is 1.00. The highest BCUT2D eigenvalue weighted by Crippen LogP contribution is 2.42. The van der Waals surface area contributed by atoms with Crippen LogP contribution in [0.3, 0.4) is 0 Å². The molecule has 2 saturated heterocycles. The van der Waals surface area contributed by atoms with Gasteiger partial charge in [0.2, 0.25) is 0 Å². The Kier molecular flexibility index (Phi) is 4.79. The van der Waals surface area contributed by atoms with Crippen LogP contribution in [-0.4, -0.2) is 36.3 Å². The maximum atomic E-state index is 6.12. The molecule has 1 spiro atoms. The molecule has 0 aromatic rings. The monoisotopic (exact) mass is 257 g/mol. The van der Waals surface area contributed by atoms with Crippen molar-refractivity contribution in [1.82, 2.24) is 5.32 Å². The Balaban J connectivity index is 1.99. The SMILES string of the molecule is CCNC(C(C)C)C1CCOC2(CCSC2)C1. The molecular formula is C14H27NOS. The van der Waals surface area contributed by atoms with Crippen LogP contribution in [0.15, 0.2) is 0 Å². The Hall–Kier alpha value is 0.270. The molecular weight excluding hydrogens is 230 g/mol. The molecule has 17 heavy (non-hydrogen) atoms. The van der Waals surface area contributed by atoms with Crippen LogP contribution < -0.4 is 5.32 Å². The molecule has 0 radical (unpaired) electrons. The molecule has 3 unspecified atom stereocenters. The van der Waals surface area contributed by atoms with Gasteiger partial charge in [-0.15, -0.1) is 0 Å². The molecule has 1 N–H and O–H groups in total. The third-order valence-electron chi connectivity index (χ3n) is 4.26. The van der Waals surface area contributed by atoms with E-state index in [-0.39, 0.29) is 5.60 Å². The van der Waals surface area contributed by atoms with E-state index in [9.17, 15) is 0 Å². The van der Waals surface area contributed by atoms with Crippen LogP contribution in [0.1, 0.15) is 40.0 Å². The lowest BCUT2D eigenvalue weighted by molar-refractivity contribution is -0.0874. The van der Waals surface area contributed by atoms with Crippen molar-refractivity contribution in [3.63, 3.8) is 0 Å². The predicted molar refractivity (Wildman–Crippen MR) is 75.7 cm³/mol. The summed E-state index contributed by atoms with van der Waals surface area (Å²) in [6.45, 7) is 8.97. The molecule has 2 heterocycles. The highest BCUT2D eigenvalue weighted by atomic mass is 32.2. The second kappa shape index (κ2) is 5.94. The van der Waals surface area contributed by atoms with Gasteiger partial charge in [-0.3, -0.25) is 0 Å². The lowest BCUT2D eigenvalue weighted by Gasteiger charge is -2.42. The van der Waals surface area contributed by atoms with Crippen molar-refractivity contribution < 1.29 is 4.74 Å². The first-order valence-corrected chi connectivity index (χ1v) is 8.27. The van der Waals surface area contributed by atoms with Crippen molar-refractivity contribution in [3.8, 4) is 0 Å². The van der Waals surface area contributed by atoms with E-state index in [2.05, 4.69) is 37.8 Å². The zero-order valence-corrected chi connectivity index (χ0v) is 12.3. The van der Waals surface area contributed by atoms with Gasteiger partial charge in [-0.2, -0.15) is 11.8 Å². The van der Waals surface area contributed by atoms with Gasteiger partial charge in [0.15, 0.2) is 0 Å². The van der Waals surface area contributed by atoms with Gasteiger partial charge in [0.05, 0.1) is 5.60 Å². The summed E-state index contributed by atoms with van der Waals surface area (Å²) in [5.41, 5.74) is 0.232. The molecule has 2 rings (SSSR count). The van der Waals surface area contributed by atoms with E-state index in [1.54, 1.807) is 0 Å². The number of rotatable bonds is 4. The lowest BCUT2D eigenvalue weighted by atomic mass is 9.78. The summed E-state index contributed by atoms with van der Waals surface area (Å²) in [6.07, 6.45) is 3.78. The third-order valence-corrected chi connectivity index (χ3v) is 5.49. The van der Waals surface area contributed by atoms with Crippen molar-refractivity contribution in [2.24, 2.45) is 11.8 Å². The summed E-state index contributed by atoms with van der Waals surface area (Å²) in [4.78, 5) is 0. The van der Waals surface area contributed by atoms with Gasteiger partial charge >= 0.3 is 0 Å². The Morgan fingerprint density at radius 3 is 2.88 bits per heavy atom. The molecule has 0 amide bonds. The minimum Gasteiger partial charge on any atom is -0.374 e. The summed E-state index contributed by atoms with van der Waals surface area (Å²) in [7, 11) is 0. The van der Waals surface area contributed by atoms with Crippen LogP contribution in [0.25, 0.3) is 0 Å². The van der Waals surface area contributed by atoms with Crippen LogP contribution in [-0.2, 0) is 4.74 Å². The molecule has 0 saturated carbocycles. The normalized spacial score (nSPS) is 35.6. The number of nitrogens with one attached hydrogen (secondary N) is 1. The van der Waals surface area contributed by atoms with Gasteiger partial charge in [0.25, 0.3) is 0 Å². The zero-order valence-electron chi connectivity index (χ0n) is 11.5. The molecule has 0 bridgehead atoms. The van der Waals surface area contributed by atoms with Crippen molar-refractivity contribution in [2.75, 3.05) is 24.7 Å². The molecule has 0 aromatic heterocycles. The van der Waals surface area contributed by atoms with Gasteiger partial charge < -0.3 is 10.1 Å². The summed E-state index contributed by atoms with van der Waals surface area (Å²) < 4.78 is 6.12. The molecule has 2 fully saturated rings. The summed E-state index contributed by atoms with van der Waals surface area (Å²) >= 11 is 2.07. The second-order valence-electron chi connectivity index (χ2n) is 5.91. The third kappa shape index (κ3) is 3.18. The maximum Gasteiger partial charge on any atom is 0.0783 e. The number of thioether (sulfide) groups is 1. The minimum atomic E-state index is 0.232. The van der Waals surface area contributed by atoms with E-state index >= 15 is 0 Å². The van der Waals surface area contributed by atoms with Crippen molar-refractivity contribution >= 4 is 11.8 Å². The van der Waals surface area contributed by atoms with Crippen LogP contribution in [0, 0.1) is 11.8 Å². The van der Waals surface area contributed by atoms with E-state index in [1.807, 2.05) is 0 Å². The van der Waals surface area contributed by atoms with Gasteiger partial charge in [-0.05, 0) is 43.4 Å². The standard InChI is InChI=1S/C14H27NOS/c1-4-15-13(11(2)3)12-5-7-16-14(9-12)6-8-17-10-14/h11-13,15H,4-10H2,1-3H3. The van der Waals surface area contributed by atoms with Crippen molar-refractivity contribution in [3.05, 3.63) is 0 Å². The van der Waals surface area contributed by atoms with Crippen LogP contribution in [0.4, 0.5) is 0 Å². The largest absolute Gasteiger partial charge is 0.374 e. The quantitative estimate of drug-likeness (QED) is 0.837. The van der Waals surface area contributed by atoms with E-state index in [0.717, 1.165) is 25.0 Å². The average Bonchev–Trinajstić information content (AvgIpc) is 2.73. The summed E-state index contributed by atoms with van der Waals surface area (Å²) in [6, 6.07) is 0.673. The fourth-order valence-electron chi connectivity index (χ4n) is 3.42. The van der Waals surface area contributed by atoms with Crippen LogP contribution in [0.2, 0.25) is 0 Å². The minimum absolute atomic E-state index is 0.232. The highest BCUT2D eigenvalue weighted by molar-refractivity contribution is 7.99. The maximum absolute atomic E-state index is 6.12. The summed E-state index contributed by atoms with van der Waals surface area (Å²) in [5, 5.41) is 3.70. The van der Waals surface area contributed by atoms with Crippen LogP contribution in [0.5, 0.6) is 0 Å². The fourth-order valence-corrected chi connectivity index (χ4v) is 4.80. The smallest absolute Gasteiger partial charge is 0.0783 e. The van der Waals surface area contributed by atoms with Gasteiger partial charge in [0, 0.05) is 18.4 Å².